The van der Waals surface area contributed by atoms with E-state index >= 15 is 0 Å². The van der Waals surface area contributed by atoms with Crippen molar-refractivity contribution < 1.29 is 5.11 Å². The van der Waals surface area contributed by atoms with Gasteiger partial charge < -0.3 is 15.8 Å². The van der Waals surface area contributed by atoms with Crippen molar-refractivity contribution in [3.05, 3.63) is 18.0 Å². The first-order valence-corrected chi connectivity index (χ1v) is 4.55. The van der Waals surface area contributed by atoms with Gasteiger partial charge in [-0.1, -0.05) is 13.8 Å². The summed E-state index contributed by atoms with van der Waals surface area (Å²) in [5.41, 5.74) is 7.46. The molecule has 0 spiro atoms. The number of nitrogens with two attached hydrogens (primary N) is 1. The Balaban J connectivity index is 2.84. The van der Waals surface area contributed by atoms with Gasteiger partial charge in [-0.15, -0.1) is 0 Å². The molecule has 2 heterocycles. The lowest BCUT2D eigenvalue weighted by atomic mass is 10.0. The summed E-state index contributed by atoms with van der Waals surface area (Å²) in [6, 6.07) is 0. The van der Waals surface area contributed by atoms with Crippen molar-refractivity contribution >= 4 is 16.7 Å². The van der Waals surface area contributed by atoms with Crippen molar-refractivity contribution in [2.75, 3.05) is 5.73 Å². The molecule has 2 rings (SSSR count). The molecule has 0 amide bonds. The maximum Gasteiger partial charge on any atom is 0.148 e. The van der Waals surface area contributed by atoms with Crippen LogP contribution in [0.3, 0.4) is 0 Å². The van der Waals surface area contributed by atoms with Crippen LogP contribution < -0.4 is 5.73 Å². The fourth-order valence-electron chi connectivity index (χ4n) is 1.63. The lowest BCUT2D eigenvalue weighted by Gasteiger charge is -2.04. The Morgan fingerprint density at radius 3 is 2.86 bits per heavy atom. The highest BCUT2D eigenvalue weighted by atomic mass is 16.3. The van der Waals surface area contributed by atoms with Gasteiger partial charge in [0.2, 0.25) is 0 Å². The zero-order valence-electron chi connectivity index (χ0n) is 8.20. The first-order valence-electron chi connectivity index (χ1n) is 4.55. The zero-order valence-corrected chi connectivity index (χ0v) is 8.20. The lowest BCUT2D eigenvalue weighted by Crippen LogP contribution is -1.91. The molecule has 0 saturated heterocycles. The van der Waals surface area contributed by atoms with Crippen LogP contribution >= 0.6 is 0 Å². The minimum atomic E-state index is 0.180. The number of nitrogens with zero attached hydrogens (tertiary/aromatic N) is 1. The highest BCUT2D eigenvalue weighted by Crippen LogP contribution is 2.33. The quantitative estimate of drug-likeness (QED) is 0.645. The van der Waals surface area contributed by atoms with Gasteiger partial charge in [0.05, 0.1) is 17.1 Å². The molecule has 0 fully saturated rings. The minimum Gasteiger partial charge on any atom is -0.506 e. The second-order valence-corrected chi connectivity index (χ2v) is 3.68. The van der Waals surface area contributed by atoms with Crippen LogP contribution in [0.4, 0.5) is 5.82 Å². The highest BCUT2D eigenvalue weighted by molar-refractivity contribution is 5.95. The van der Waals surface area contributed by atoms with Gasteiger partial charge in [0.1, 0.15) is 11.6 Å². The number of aromatic amines is 1. The van der Waals surface area contributed by atoms with E-state index in [0.29, 0.717) is 17.3 Å². The third-order valence-corrected chi connectivity index (χ3v) is 2.37. The molecular weight excluding hydrogens is 178 g/mol. The van der Waals surface area contributed by atoms with Crippen molar-refractivity contribution in [2.45, 2.75) is 19.8 Å². The molecule has 0 aliphatic heterocycles. The maximum absolute atomic E-state index is 9.68. The number of hydrogen-bond acceptors (Lipinski definition) is 3. The van der Waals surface area contributed by atoms with Gasteiger partial charge in [-0.3, -0.25) is 0 Å². The summed E-state index contributed by atoms with van der Waals surface area (Å²) < 4.78 is 0. The van der Waals surface area contributed by atoms with Crippen LogP contribution in [0.5, 0.6) is 5.75 Å². The van der Waals surface area contributed by atoms with E-state index in [4.69, 9.17) is 5.73 Å². The van der Waals surface area contributed by atoms with Crippen LogP contribution in [0.25, 0.3) is 10.9 Å². The van der Waals surface area contributed by atoms with Gasteiger partial charge >= 0.3 is 0 Å². The van der Waals surface area contributed by atoms with E-state index in [1.54, 1.807) is 0 Å². The molecule has 0 aliphatic carbocycles. The lowest BCUT2D eigenvalue weighted by molar-refractivity contribution is 0.479. The number of pyridine rings is 1. The van der Waals surface area contributed by atoms with Gasteiger partial charge in [-0.2, -0.15) is 0 Å². The number of hydrogen-bond donors (Lipinski definition) is 3. The number of anilines is 1. The first kappa shape index (κ1) is 8.87. The Morgan fingerprint density at radius 2 is 2.21 bits per heavy atom. The molecule has 2 aromatic heterocycles. The summed E-state index contributed by atoms with van der Waals surface area (Å²) in [5, 5.41) is 10.5. The van der Waals surface area contributed by atoms with Crippen LogP contribution in [-0.4, -0.2) is 15.1 Å². The Hall–Kier alpha value is -1.71. The van der Waals surface area contributed by atoms with E-state index in [1.165, 1.54) is 6.20 Å². The summed E-state index contributed by atoms with van der Waals surface area (Å²) in [6.07, 6.45) is 3.25. The van der Waals surface area contributed by atoms with Crippen LogP contribution in [-0.2, 0) is 0 Å². The van der Waals surface area contributed by atoms with Crippen molar-refractivity contribution in [1.82, 2.24) is 9.97 Å². The van der Waals surface area contributed by atoms with E-state index in [2.05, 4.69) is 23.8 Å². The second-order valence-electron chi connectivity index (χ2n) is 3.68. The molecule has 4 nitrogen and oxygen atoms in total. The normalized spacial score (nSPS) is 11.4. The molecule has 2 aromatic rings. The molecule has 0 bridgehead atoms. The number of nitrogen functional groups attached to an aromatic ring is 1. The first-order chi connectivity index (χ1) is 6.61. The Labute approximate surface area is 81.8 Å². The number of nitrogens with one attached hydrogen (secondary N) is 1. The van der Waals surface area contributed by atoms with Crippen LogP contribution in [0, 0.1) is 0 Å². The smallest absolute Gasteiger partial charge is 0.148 e. The van der Waals surface area contributed by atoms with Gasteiger partial charge in [0.25, 0.3) is 0 Å². The monoisotopic (exact) mass is 191 g/mol. The van der Waals surface area contributed by atoms with Crippen LogP contribution in [0.1, 0.15) is 25.3 Å². The van der Waals surface area contributed by atoms with E-state index in [9.17, 15) is 5.11 Å². The van der Waals surface area contributed by atoms with Gasteiger partial charge in [0.15, 0.2) is 0 Å². The number of aromatic hydroxyl groups is 1. The van der Waals surface area contributed by atoms with E-state index in [0.717, 1.165) is 10.9 Å². The van der Waals surface area contributed by atoms with Gasteiger partial charge in [0, 0.05) is 6.20 Å². The Kier molecular flexibility index (Phi) is 1.84. The second kappa shape index (κ2) is 2.90. The molecule has 14 heavy (non-hydrogen) atoms. The van der Waals surface area contributed by atoms with Gasteiger partial charge in [-0.25, -0.2) is 4.98 Å². The van der Waals surface area contributed by atoms with E-state index in [-0.39, 0.29) is 5.75 Å². The van der Waals surface area contributed by atoms with Crippen molar-refractivity contribution in [3.63, 3.8) is 0 Å². The third kappa shape index (κ3) is 1.11. The average molecular weight is 191 g/mol. The van der Waals surface area contributed by atoms with E-state index < -0.39 is 0 Å². The summed E-state index contributed by atoms with van der Waals surface area (Å²) in [4.78, 5) is 6.91. The van der Waals surface area contributed by atoms with Crippen LogP contribution in [0.15, 0.2) is 12.4 Å². The van der Waals surface area contributed by atoms with Crippen LogP contribution in [0.2, 0.25) is 0 Å². The standard InChI is InChI=1S/C10H13N3O/c1-5(2)6-3-12-9-8(6)7(14)4-13-10(9)11/h3-5,12,14H,1-2H3,(H2,11,13). The highest BCUT2D eigenvalue weighted by Gasteiger charge is 2.13. The topological polar surface area (TPSA) is 74.9 Å². The fourth-order valence-corrected chi connectivity index (χ4v) is 1.63. The predicted molar refractivity (Wildman–Crippen MR) is 56.3 cm³/mol. The van der Waals surface area contributed by atoms with Gasteiger partial charge in [-0.05, 0) is 11.5 Å². The Morgan fingerprint density at radius 1 is 1.50 bits per heavy atom. The summed E-state index contributed by atoms with van der Waals surface area (Å²) >= 11 is 0. The summed E-state index contributed by atoms with van der Waals surface area (Å²) in [7, 11) is 0. The fraction of sp³-hybridized carbons (Fsp3) is 0.300. The molecule has 0 atom stereocenters. The average Bonchev–Trinajstić information content (AvgIpc) is 2.56. The molecule has 4 N–H and O–H groups in total. The molecule has 0 aliphatic rings. The molecule has 4 heteroatoms. The van der Waals surface area contributed by atoms with E-state index in [1.807, 2.05) is 6.20 Å². The van der Waals surface area contributed by atoms with Crippen molar-refractivity contribution in [2.24, 2.45) is 0 Å². The molecule has 0 saturated carbocycles. The number of aromatic nitrogens is 2. The molecule has 74 valence electrons. The minimum absolute atomic E-state index is 0.180. The van der Waals surface area contributed by atoms with Crippen molar-refractivity contribution in [3.8, 4) is 5.75 Å². The largest absolute Gasteiger partial charge is 0.506 e. The maximum atomic E-state index is 9.68. The number of rotatable bonds is 1. The third-order valence-electron chi connectivity index (χ3n) is 2.37. The predicted octanol–water partition coefficient (Wildman–Crippen LogP) is 1.97. The SMILES string of the molecule is CC(C)c1c[nH]c2c(N)ncc(O)c12. The number of fused-ring (bicyclic) bond motifs is 1. The molecule has 0 unspecified atom stereocenters. The molecule has 0 radical (unpaired) electrons. The molecular formula is C10H13N3O. The number of H-pyrrole nitrogens is 1. The summed E-state index contributed by atoms with van der Waals surface area (Å²) in [5.74, 6) is 0.945. The summed E-state index contributed by atoms with van der Waals surface area (Å²) in [6.45, 7) is 4.14. The van der Waals surface area contributed by atoms with Crippen molar-refractivity contribution in [1.29, 1.82) is 0 Å². The Bertz CT molecular complexity index is 473. The zero-order chi connectivity index (χ0) is 10.3. The molecule has 0 aromatic carbocycles.